The van der Waals surface area contributed by atoms with E-state index < -0.39 is 24.0 Å². The van der Waals surface area contributed by atoms with E-state index in [4.69, 9.17) is 0 Å². The monoisotopic (exact) mass is 468 g/mol. The molecule has 4 aromatic rings. The molecule has 0 unspecified atom stereocenters. The van der Waals surface area contributed by atoms with E-state index in [1.54, 1.807) is 0 Å². The van der Waals surface area contributed by atoms with Crippen LogP contribution in [0.5, 0.6) is 0 Å². The highest BCUT2D eigenvalue weighted by Crippen LogP contribution is 2.28. The third-order valence-electron chi connectivity index (χ3n) is 6.13. The summed E-state index contributed by atoms with van der Waals surface area (Å²) in [4.78, 5) is 38.7. The summed E-state index contributed by atoms with van der Waals surface area (Å²) in [5, 5.41) is 18.6. The van der Waals surface area contributed by atoms with Crippen molar-refractivity contribution < 1.29 is 19.5 Å². The smallest absolute Gasteiger partial charge is 0.326 e. The first kappa shape index (κ1) is 24.0. The maximum atomic E-state index is 13.6. The number of hydrogen-bond donors (Lipinski definition) is 3. The molecule has 0 saturated heterocycles. The summed E-state index contributed by atoms with van der Waals surface area (Å²) >= 11 is 0. The zero-order chi connectivity index (χ0) is 24.9. The fraction of sp³-hybridized carbons (Fsp3) is 0.207. The van der Waals surface area contributed by atoms with Crippen LogP contribution in [-0.4, -0.2) is 35.0 Å². The van der Waals surface area contributed by atoms with Crippen LogP contribution in [0.3, 0.4) is 0 Å². The van der Waals surface area contributed by atoms with Gasteiger partial charge >= 0.3 is 5.97 Å². The Hall–Kier alpha value is -4.19. The molecule has 0 aliphatic carbocycles. The maximum Gasteiger partial charge on any atom is 0.326 e. The second-order valence-electron chi connectivity index (χ2n) is 8.98. The van der Waals surface area contributed by atoms with E-state index in [1.165, 1.54) is 0 Å². The minimum absolute atomic E-state index is 0.147. The second kappa shape index (κ2) is 10.4. The lowest BCUT2D eigenvalue weighted by atomic mass is 9.95. The molecule has 178 valence electrons. The van der Waals surface area contributed by atoms with Gasteiger partial charge in [0.15, 0.2) is 0 Å². The normalized spacial score (nSPS) is 12.9. The fourth-order valence-corrected chi connectivity index (χ4v) is 4.32. The zero-order valence-corrected chi connectivity index (χ0v) is 19.7. The Labute approximate surface area is 204 Å². The molecule has 0 aromatic heterocycles. The van der Waals surface area contributed by atoms with Gasteiger partial charge < -0.3 is 15.7 Å². The molecule has 4 rings (SSSR count). The molecule has 0 aliphatic heterocycles. The molecule has 6 heteroatoms. The number of carboxylic acids is 1. The second-order valence-corrected chi connectivity index (χ2v) is 8.98. The van der Waals surface area contributed by atoms with Gasteiger partial charge in [-0.15, -0.1) is 0 Å². The quantitative estimate of drug-likeness (QED) is 0.330. The summed E-state index contributed by atoms with van der Waals surface area (Å²) in [5.41, 5.74) is 1.30. The van der Waals surface area contributed by atoms with Crippen LogP contribution in [0.25, 0.3) is 21.5 Å². The molecule has 0 aliphatic rings. The van der Waals surface area contributed by atoms with E-state index >= 15 is 0 Å². The van der Waals surface area contributed by atoms with Crippen molar-refractivity contribution in [1.29, 1.82) is 0 Å². The third-order valence-corrected chi connectivity index (χ3v) is 6.13. The Bertz CT molecular complexity index is 1330. The van der Waals surface area contributed by atoms with Gasteiger partial charge in [-0.1, -0.05) is 92.7 Å². The zero-order valence-electron chi connectivity index (χ0n) is 19.7. The average molecular weight is 469 g/mol. The highest BCUT2D eigenvalue weighted by Gasteiger charge is 2.30. The van der Waals surface area contributed by atoms with Crippen LogP contribution in [0, 0.1) is 5.92 Å². The summed E-state index contributed by atoms with van der Waals surface area (Å²) < 4.78 is 0. The molecule has 0 radical (unpaired) electrons. The van der Waals surface area contributed by atoms with Crippen molar-refractivity contribution in [1.82, 2.24) is 10.6 Å². The minimum Gasteiger partial charge on any atom is -0.480 e. The minimum atomic E-state index is -1.13. The number of rotatable bonds is 8. The van der Waals surface area contributed by atoms with Crippen molar-refractivity contribution >= 4 is 39.3 Å². The number of fused-ring (bicyclic) bond motifs is 2. The topological polar surface area (TPSA) is 95.5 Å². The standard InChI is InChI=1S/C29H28N2O4/c1-18(2)26(28(33)30-24(29(34)35)16-19-10-4-3-5-11-19)31-27(32)25-22-14-8-6-12-20(22)17-21-13-7-9-15-23(21)25/h3-15,17-18,24,26H,16H2,1-2H3,(H,30,33)(H,31,32)(H,34,35)/t24-,26-/m0/s1. The highest BCUT2D eigenvalue weighted by molar-refractivity contribution is 6.18. The van der Waals surface area contributed by atoms with E-state index in [2.05, 4.69) is 10.6 Å². The van der Waals surface area contributed by atoms with Gasteiger partial charge in [-0.3, -0.25) is 9.59 Å². The fourth-order valence-electron chi connectivity index (χ4n) is 4.32. The van der Waals surface area contributed by atoms with Crippen LogP contribution in [0.2, 0.25) is 0 Å². The van der Waals surface area contributed by atoms with Gasteiger partial charge in [-0.2, -0.15) is 0 Å². The lowest BCUT2D eigenvalue weighted by molar-refractivity contribution is -0.142. The van der Waals surface area contributed by atoms with Crippen LogP contribution < -0.4 is 10.6 Å². The lowest BCUT2D eigenvalue weighted by Crippen LogP contribution is -2.54. The van der Waals surface area contributed by atoms with E-state index in [9.17, 15) is 19.5 Å². The predicted octanol–water partition coefficient (Wildman–Crippen LogP) is 4.56. The summed E-state index contributed by atoms with van der Waals surface area (Å²) in [6.07, 6.45) is 0.147. The predicted molar refractivity (Wildman–Crippen MR) is 137 cm³/mol. The van der Waals surface area contributed by atoms with Crippen LogP contribution in [0.15, 0.2) is 84.9 Å². The van der Waals surface area contributed by atoms with Gasteiger partial charge in [0, 0.05) is 6.42 Å². The van der Waals surface area contributed by atoms with Gasteiger partial charge in [-0.25, -0.2) is 4.79 Å². The molecule has 6 nitrogen and oxygen atoms in total. The molecule has 2 atom stereocenters. The summed E-state index contributed by atoms with van der Waals surface area (Å²) in [6.45, 7) is 3.64. The number of aliphatic carboxylic acids is 1. The van der Waals surface area contributed by atoms with E-state index in [-0.39, 0.29) is 18.2 Å². The largest absolute Gasteiger partial charge is 0.480 e. The van der Waals surface area contributed by atoms with Gasteiger partial charge in [0.1, 0.15) is 12.1 Å². The highest BCUT2D eigenvalue weighted by atomic mass is 16.4. The van der Waals surface area contributed by atoms with Crippen molar-refractivity contribution in [3.8, 4) is 0 Å². The Kier molecular flexibility index (Phi) is 7.11. The van der Waals surface area contributed by atoms with Crippen LogP contribution in [-0.2, 0) is 16.0 Å². The van der Waals surface area contributed by atoms with Gasteiger partial charge in [0.2, 0.25) is 5.91 Å². The molecule has 4 aromatic carbocycles. The Balaban J connectivity index is 1.62. The Morgan fingerprint density at radius 2 is 1.31 bits per heavy atom. The summed E-state index contributed by atoms with van der Waals surface area (Å²) in [5.74, 6) is -2.29. The summed E-state index contributed by atoms with van der Waals surface area (Å²) in [7, 11) is 0. The van der Waals surface area contributed by atoms with Crippen LogP contribution >= 0.6 is 0 Å². The molecule has 0 fully saturated rings. The van der Waals surface area contributed by atoms with Crippen LogP contribution in [0.1, 0.15) is 29.8 Å². The number of benzene rings is 4. The Morgan fingerprint density at radius 1 is 0.771 bits per heavy atom. The first-order valence-corrected chi connectivity index (χ1v) is 11.6. The van der Waals surface area contributed by atoms with Crippen molar-refractivity contribution in [2.75, 3.05) is 0 Å². The number of carboxylic acid groups (broad SMARTS) is 1. The number of carbonyl (C=O) groups excluding carboxylic acids is 2. The van der Waals surface area contributed by atoms with Crippen LogP contribution in [0.4, 0.5) is 0 Å². The van der Waals surface area contributed by atoms with Gasteiger partial charge in [0.05, 0.1) is 5.56 Å². The molecule has 0 bridgehead atoms. The number of carbonyl (C=O) groups is 3. The molecule has 3 N–H and O–H groups in total. The first-order valence-electron chi connectivity index (χ1n) is 11.6. The van der Waals surface area contributed by atoms with E-state index in [0.29, 0.717) is 5.56 Å². The number of amides is 2. The van der Waals surface area contributed by atoms with Crippen molar-refractivity contribution in [3.05, 3.63) is 96.1 Å². The molecular formula is C29H28N2O4. The number of nitrogens with one attached hydrogen (secondary N) is 2. The van der Waals surface area contributed by atoms with E-state index in [0.717, 1.165) is 27.1 Å². The molecule has 0 spiro atoms. The van der Waals surface area contributed by atoms with Crippen molar-refractivity contribution in [2.45, 2.75) is 32.4 Å². The SMILES string of the molecule is CC(C)[C@H](NC(=O)c1c2ccccc2cc2ccccc12)C(=O)N[C@@H](Cc1ccccc1)C(=O)O. The lowest BCUT2D eigenvalue weighted by Gasteiger charge is -2.25. The number of hydrogen-bond acceptors (Lipinski definition) is 3. The van der Waals surface area contributed by atoms with Gasteiger partial charge in [-0.05, 0) is 39.1 Å². The Morgan fingerprint density at radius 3 is 1.86 bits per heavy atom. The molecular weight excluding hydrogens is 440 g/mol. The maximum absolute atomic E-state index is 13.6. The molecule has 0 saturated carbocycles. The third kappa shape index (κ3) is 5.32. The average Bonchev–Trinajstić information content (AvgIpc) is 2.85. The van der Waals surface area contributed by atoms with Crippen molar-refractivity contribution in [3.63, 3.8) is 0 Å². The first-order chi connectivity index (χ1) is 16.8. The van der Waals surface area contributed by atoms with Crippen molar-refractivity contribution in [2.24, 2.45) is 5.92 Å². The summed E-state index contributed by atoms with van der Waals surface area (Å²) in [6, 6.07) is 24.4. The molecule has 2 amide bonds. The molecule has 35 heavy (non-hydrogen) atoms. The van der Waals surface area contributed by atoms with E-state index in [1.807, 2.05) is 98.8 Å². The van der Waals surface area contributed by atoms with Gasteiger partial charge in [0.25, 0.3) is 5.91 Å². The molecule has 0 heterocycles.